The quantitative estimate of drug-likeness (QED) is 0.745. The van der Waals surface area contributed by atoms with Crippen LogP contribution >= 0.6 is 12.6 Å². The Morgan fingerprint density at radius 2 is 2.07 bits per heavy atom. The molecule has 1 aliphatic carbocycles. The Hall–Kier alpha value is 0.270. The van der Waals surface area contributed by atoms with Gasteiger partial charge in [0, 0.05) is 19.6 Å². The smallest absolute Gasteiger partial charge is 0.0753 e. The molecule has 1 saturated carbocycles. The van der Waals surface area contributed by atoms with Gasteiger partial charge in [0.2, 0.25) is 0 Å². The second-order valence-corrected chi connectivity index (χ2v) is 6.15. The molecule has 2 nitrogen and oxygen atoms in total. The molecule has 3 heteroatoms. The Labute approximate surface area is 98.8 Å². The van der Waals surface area contributed by atoms with Crippen molar-refractivity contribution in [2.24, 2.45) is 5.41 Å². The van der Waals surface area contributed by atoms with Crippen LogP contribution in [-0.2, 0) is 4.74 Å². The van der Waals surface area contributed by atoms with E-state index in [-0.39, 0.29) is 5.60 Å². The summed E-state index contributed by atoms with van der Waals surface area (Å²) in [7, 11) is 0. The third kappa shape index (κ3) is 2.69. The molecule has 1 aliphatic heterocycles. The van der Waals surface area contributed by atoms with Gasteiger partial charge in [-0.2, -0.15) is 12.6 Å². The summed E-state index contributed by atoms with van der Waals surface area (Å²) in [5.74, 6) is 1.05. The average Bonchev–Trinajstić information content (AvgIpc) is 2.10. The predicted octanol–water partition coefficient (Wildman–Crippen LogP) is 2.20. The van der Waals surface area contributed by atoms with Crippen molar-refractivity contribution in [2.75, 3.05) is 32.0 Å². The molecular formula is C12H23NOS. The maximum atomic E-state index is 5.73. The van der Waals surface area contributed by atoms with Crippen molar-refractivity contribution in [3.8, 4) is 0 Å². The molecule has 0 amide bonds. The first kappa shape index (κ1) is 11.7. The average molecular weight is 229 g/mol. The summed E-state index contributed by atoms with van der Waals surface area (Å²) >= 11 is 4.52. The van der Waals surface area contributed by atoms with Gasteiger partial charge in [-0.25, -0.2) is 0 Å². The van der Waals surface area contributed by atoms with E-state index in [4.69, 9.17) is 4.74 Å². The minimum Gasteiger partial charge on any atom is -0.373 e. The van der Waals surface area contributed by atoms with Crippen molar-refractivity contribution < 1.29 is 4.74 Å². The van der Waals surface area contributed by atoms with E-state index < -0.39 is 0 Å². The topological polar surface area (TPSA) is 12.5 Å². The van der Waals surface area contributed by atoms with Crippen LogP contribution < -0.4 is 0 Å². The van der Waals surface area contributed by atoms with Crippen LogP contribution in [0.3, 0.4) is 0 Å². The summed E-state index contributed by atoms with van der Waals surface area (Å²) in [6.07, 6.45) is 4.14. The number of hydrogen-bond donors (Lipinski definition) is 1. The molecule has 15 heavy (non-hydrogen) atoms. The third-order valence-electron chi connectivity index (χ3n) is 3.81. The zero-order chi connectivity index (χ0) is 10.9. The largest absolute Gasteiger partial charge is 0.373 e. The lowest BCUT2D eigenvalue weighted by Gasteiger charge is -2.47. The van der Waals surface area contributed by atoms with Gasteiger partial charge < -0.3 is 4.74 Å². The molecule has 0 spiro atoms. The van der Waals surface area contributed by atoms with Crippen molar-refractivity contribution in [3.63, 3.8) is 0 Å². The maximum Gasteiger partial charge on any atom is 0.0753 e. The molecule has 1 heterocycles. The second kappa shape index (κ2) is 4.27. The SMILES string of the molecule is CC1(C)CN(CC2(CS)CCC2)CCO1. The van der Waals surface area contributed by atoms with E-state index in [1.165, 1.54) is 25.8 Å². The minimum absolute atomic E-state index is 0.0415. The Morgan fingerprint density at radius 1 is 1.33 bits per heavy atom. The van der Waals surface area contributed by atoms with Crippen LogP contribution in [0.4, 0.5) is 0 Å². The molecule has 2 aliphatic rings. The standard InChI is InChI=1S/C12H23NOS/c1-11(2)8-13(6-7-14-11)9-12(10-15)4-3-5-12/h15H,3-10H2,1-2H3. The molecule has 0 N–H and O–H groups in total. The number of hydrogen-bond acceptors (Lipinski definition) is 3. The fourth-order valence-corrected chi connectivity index (χ4v) is 3.18. The second-order valence-electron chi connectivity index (χ2n) is 5.83. The van der Waals surface area contributed by atoms with Crippen LogP contribution in [0.15, 0.2) is 0 Å². The summed E-state index contributed by atoms with van der Waals surface area (Å²) in [6.45, 7) is 8.65. The molecule has 0 bridgehead atoms. The first-order chi connectivity index (χ1) is 7.05. The molecule has 0 aromatic rings. The summed E-state index contributed by atoms with van der Waals surface area (Å²) in [6, 6.07) is 0. The van der Waals surface area contributed by atoms with Gasteiger partial charge in [0.1, 0.15) is 0 Å². The fourth-order valence-electron chi connectivity index (χ4n) is 2.77. The predicted molar refractivity (Wildman–Crippen MR) is 66.6 cm³/mol. The molecule has 0 radical (unpaired) electrons. The van der Waals surface area contributed by atoms with Crippen LogP contribution in [0.5, 0.6) is 0 Å². The van der Waals surface area contributed by atoms with Gasteiger partial charge in [-0.3, -0.25) is 4.90 Å². The lowest BCUT2D eigenvalue weighted by molar-refractivity contribution is -0.0978. The Morgan fingerprint density at radius 3 is 2.53 bits per heavy atom. The fraction of sp³-hybridized carbons (Fsp3) is 1.00. The van der Waals surface area contributed by atoms with E-state index in [2.05, 4.69) is 31.4 Å². The number of nitrogens with zero attached hydrogens (tertiary/aromatic N) is 1. The van der Waals surface area contributed by atoms with E-state index in [0.717, 1.165) is 25.4 Å². The lowest BCUT2D eigenvalue weighted by atomic mass is 9.70. The van der Waals surface area contributed by atoms with Gasteiger partial charge in [0.05, 0.1) is 12.2 Å². The molecule has 2 fully saturated rings. The third-order valence-corrected chi connectivity index (χ3v) is 4.48. The van der Waals surface area contributed by atoms with Crippen LogP contribution in [0.2, 0.25) is 0 Å². The van der Waals surface area contributed by atoms with Crippen LogP contribution in [0.1, 0.15) is 33.1 Å². The van der Waals surface area contributed by atoms with Crippen molar-refractivity contribution in [2.45, 2.75) is 38.7 Å². The first-order valence-electron chi connectivity index (χ1n) is 6.03. The molecule has 0 atom stereocenters. The highest BCUT2D eigenvalue weighted by Gasteiger charge is 2.39. The Balaban J connectivity index is 1.88. The van der Waals surface area contributed by atoms with Crippen LogP contribution in [0.25, 0.3) is 0 Å². The van der Waals surface area contributed by atoms with Gasteiger partial charge >= 0.3 is 0 Å². The number of morpholine rings is 1. The summed E-state index contributed by atoms with van der Waals surface area (Å²) in [4.78, 5) is 2.57. The molecule has 88 valence electrons. The van der Waals surface area contributed by atoms with E-state index in [0.29, 0.717) is 5.41 Å². The Bertz CT molecular complexity index is 220. The number of thiol groups is 1. The molecule has 2 rings (SSSR count). The zero-order valence-corrected chi connectivity index (χ0v) is 10.9. The maximum absolute atomic E-state index is 5.73. The molecule has 0 unspecified atom stereocenters. The number of rotatable bonds is 3. The monoisotopic (exact) mass is 229 g/mol. The Kier molecular flexibility index (Phi) is 3.34. The van der Waals surface area contributed by atoms with E-state index in [1.807, 2.05) is 0 Å². The highest BCUT2D eigenvalue weighted by Crippen LogP contribution is 2.42. The molecule has 0 aromatic heterocycles. The van der Waals surface area contributed by atoms with Crippen molar-refractivity contribution in [3.05, 3.63) is 0 Å². The molecular weight excluding hydrogens is 206 g/mol. The number of ether oxygens (including phenoxy) is 1. The van der Waals surface area contributed by atoms with Crippen molar-refractivity contribution >= 4 is 12.6 Å². The first-order valence-corrected chi connectivity index (χ1v) is 6.66. The minimum atomic E-state index is 0.0415. The summed E-state index contributed by atoms with van der Waals surface area (Å²) < 4.78 is 5.73. The highest BCUT2D eigenvalue weighted by atomic mass is 32.1. The van der Waals surface area contributed by atoms with E-state index in [1.54, 1.807) is 0 Å². The highest BCUT2D eigenvalue weighted by molar-refractivity contribution is 7.80. The van der Waals surface area contributed by atoms with Gasteiger partial charge in [0.15, 0.2) is 0 Å². The van der Waals surface area contributed by atoms with Crippen molar-refractivity contribution in [1.82, 2.24) is 4.90 Å². The van der Waals surface area contributed by atoms with E-state index in [9.17, 15) is 0 Å². The summed E-state index contributed by atoms with van der Waals surface area (Å²) in [5, 5.41) is 0. The summed E-state index contributed by atoms with van der Waals surface area (Å²) in [5.41, 5.74) is 0.566. The van der Waals surface area contributed by atoms with Gasteiger partial charge in [-0.05, 0) is 37.9 Å². The zero-order valence-electron chi connectivity index (χ0n) is 9.96. The molecule has 0 aromatic carbocycles. The van der Waals surface area contributed by atoms with Crippen LogP contribution in [0, 0.1) is 5.41 Å². The van der Waals surface area contributed by atoms with Gasteiger partial charge in [-0.15, -0.1) is 0 Å². The van der Waals surface area contributed by atoms with Gasteiger partial charge in [-0.1, -0.05) is 6.42 Å². The van der Waals surface area contributed by atoms with Crippen LogP contribution in [-0.4, -0.2) is 42.5 Å². The van der Waals surface area contributed by atoms with E-state index >= 15 is 0 Å². The lowest BCUT2D eigenvalue weighted by Crippen LogP contribution is -2.53. The van der Waals surface area contributed by atoms with Crippen molar-refractivity contribution in [1.29, 1.82) is 0 Å². The van der Waals surface area contributed by atoms with Gasteiger partial charge in [0.25, 0.3) is 0 Å². The normalized spacial score (nSPS) is 29.8. The molecule has 1 saturated heterocycles.